The first-order valence-electron chi connectivity index (χ1n) is 15.0. The van der Waals surface area contributed by atoms with Crippen LogP contribution in [0.5, 0.6) is 0 Å². The van der Waals surface area contributed by atoms with Crippen molar-refractivity contribution in [3.8, 4) is 0 Å². The highest BCUT2D eigenvalue weighted by molar-refractivity contribution is 6.41. The van der Waals surface area contributed by atoms with Crippen LogP contribution in [0.2, 0.25) is 0 Å². The molecule has 42 heavy (non-hydrogen) atoms. The van der Waals surface area contributed by atoms with E-state index in [-0.39, 0.29) is 5.91 Å². The molecule has 3 N–H and O–H groups in total. The molecule has 8 rings (SSSR count). The molecule has 4 aliphatic heterocycles. The molecule has 0 unspecified atom stereocenters. The molecule has 1 aliphatic carbocycles. The van der Waals surface area contributed by atoms with Crippen molar-refractivity contribution < 1.29 is 9.37 Å². The van der Waals surface area contributed by atoms with Crippen molar-refractivity contribution in [1.29, 1.82) is 0 Å². The molecule has 0 atom stereocenters. The standard InChI is InChI=1S/C33H33BN7O/c1-22(42)35-27-12-10-25(11-13-27)33-29-14-16-31(38-19-18-23-6-2-5-9-26(23)20-38)40(29)34-41-30(33)15-17-32(41)39-21-28(36-37-39)24-7-3-4-8-24/h2,5-6,9-17,21,24,36-37H,3-4,7-8,18-20H2,1H3/p+1. The maximum Gasteiger partial charge on any atom is 0.553 e. The molecule has 0 bridgehead atoms. The number of hydrazine groups is 2. The first kappa shape index (κ1) is 25.2. The van der Waals surface area contributed by atoms with Gasteiger partial charge in [0.05, 0.1) is 6.54 Å². The van der Waals surface area contributed by atoms with Gasteiger partial charge in [-0.25, -0.2) is 5.01 Å². The summed E-state index contributed by atoms with van der Waals surface area (Å²) < 4.78 is 4.77. The number of anilines is 2. The van der Waals surface area contributed by atoms with Gasteiger partial charge in [-0.15, -0.1) is 5.53 Å². The Morgan fingerprint density at radius 1 is 1.00 bits per heavy atom. The molecule has 1 radical (unpaired) electrons. The first-order chi connectivity index (χ1) is 20.6. The summed E-state index contributed by atoms with van der Waals surface area (Å²) in [6, 6.07) is 21.3. The number of fused-ring (bicyclic) bond motifs is 3. The van der Waals surface area contributed by atoms with Gasteiger partial charge in [0.1, 0.15) is 18.1 Å². The molecule has 8 nitrogen and oxygen atoms in total. The second kappa shape index (κ2) is 10.1. The Morgan fingerprint density at radius 3 is 2.62 bits per heavy atom. The fourth-order valence-electron chi connectivity index (χ4n) is 7.03. The Labute approximate surface area is 246 Å². The zero-order valence-corrected chi connectivity index (χ0v) is 23.8. The maximum atomic E-state index is 11.6. The van der Waals surface area contributed by atoms with Crippen LogP contribution in [0.15, 0.2) is 90.4 Å². The lowest BCUT2D eigenvalue weighted by Crippen LogP contribution is -2.45. The van der Waals surface area contributed by atoms with E-state index in [1.54, 1.807) is 0 Å². The van der Waals surface area contributed by atoms with Crippen molar-refractivity contribution >= 4 is 36.4 Å². The molecular formula is C33H34BN7O+. The number of nitrogens with zero attached hydrogens (tertiary/aromatic N) is 4. The van der Waals surface area contributed by atoms with Gasteiger partial charge < -0.3 is 15.2 Å². The third-order valence-corrected chi connectivity index (χ3v) is 9.12. The number of hydrogen-bond donors (Lipinski definition) is 3. The summed E-state index contributed by atoms with van der Waals surface area (Å²) >= 11 is 0. The van der Waals surface area contributed by atoms with E-state index in [9.17, 15) is 4.79 Å². The summed E-state index contributed by atoms with van der Waals surface area (Å²) in [6.45, 7) is 3.41. The van der Waals surface area contributed by atoms with Crippen LogP contribution in [0.4, 0.5) is 11.5 Å². The molecule has 3 aromatic rings. The van der Waals surface area contributed by atoms with Crippen molar-refractivity contribution in [3.05, 3.63) is 113 Å². The Kier molecular flexibility index (Phi) is 6.07. The van der Waals surface area contributed by atoms with Crippen molar-refractivity contribution in [3.63, 3.8) is 0 Å². The van der Waals surface area contributed by atoms with E-state index in [1.165, 1.54) is 55.3 Å². The highest BCUT2D eigenvalue weighted by Crippen LogP contribution is 2.39. The molecule has 5 aliphatic rings. The summed E-state index contributed by atoms with van der Waals surface area (Å²) in [5, 5.41) is 5.00. The number of hydrogen-bond acceptors (Lipinski definition) is 4. The van der Waals surface area contributed by atoms with Gasteiger partial charge >= 0.3 is 7.55 Å². The molecule has 2 aromatic carbocycles. The lowest BCUT2D eigenvalue weighted by atomic mass is 9.91. The SMILES string of the molecule is CC(=O)Nc1ccc(C2=C3C=CC(=[N+]4CCc5ccccc5C4)N3[B]n3c2ccc3N2C=C(C3CCCC3)NN2)cc1. The molecule has 0 saturated heterocycles. The van der Waals surface area contributed by atoms with Gasteiger partial charge in [-0.05, 0) is 59.9 Å². The van der Waals surface area contributed by atoms with Crippen molar-refractivity contribution in [2.45, 2.75) is 45.6 Å². The van der Waals surface area contributed by atoms with Gasteiger partial charge in [0.2, 0.25) is 5.91 Å². The highest BCUT2D eigenvalue weighted by Gasteiger charge is 2.41. The Balaban J connectivity index is 1.21. The number of allylic oxidation sites excluding steroid dienone is 2. The molecule has 1 saturated carbocycles. The lowest BCUT2D eigenvalue weighted by Gasteiger charge is -2.29. The van der Waals surface area contributed by atoms with Gasteiger partial charge in [0.25, 0.3) is 5.84 Å². The van der Waals surface area contributed by atoms with Crippen LogP contribution in [0.3, 0.4) is 0 Å². The van der Waals surface area contributed by atoms with E-state index in [1.807, 2.05) is 12.1 Å². The zero-order valence-electron chi connectivity index (χ0n) is 23.8. The van der Waals surface area contributed by atoms with Gasteiger partial charge in [-0.3, -0.25) is 14.2 Å². The second-order valence-corrected chi connectivity index (χ2v) is 11.8. The Hall–Kier alpha value is -4.50. The van der Waals surface area contributed by atoms with E-state index in [4.69, 9.17) is 0 Å². The predicted molar refractivity (Wildman–Crippen MR) is 166 cm³/mol. The average molecular weight is 555 g/mol. The van der Waals surface area contributed by atoms with E-state index in [2.05, 4.69) is 110 Å². The van der Waals surface area contributed by atoms with Crippen LogP contribution in [0, 0.1) is 5.92 Å². The summed E-state index contributed by atoms with van der Waals surface area (Å²) in [4.78, 5) is 14.0. The van der Waals surface area contributed by atoms with E-state index in [0.717, 1.165) is 53.5 Å². The molecule has 5 heterocycles. The fourth-order valence-corrected chi connectivity index (χ4v) is 7.03. The number of aromatic nitrogens is 1. The van der Waals surface area contributed by atoms with Crippen molar-refractivity contribution in [1.82, 2.24) is 20.2 Å². The summed E-state index contributed by atoms with van der Waals surface area (Å²) in [7, 11) is 2.23. The number of benzene rings is 2. The molecule has 9 heteroatoms. The topological polar surface area (TPSA) is 67.6 Å². The van der Waals surface area contributed by atoms with E-state index >= 15 is 0 Å². The van der Waals surface area contributed by atoms with Gasteiger partial charge in [-0.1, -0.05) is 49.2 Å². The van der Waals surface area contributed by atoms with Gasteiger partial charge in [0.15, 0.2) is 0 Å². The summed E-state index contributed by atoms with van der Waals surface area (Å²) in [5.74, 6) is 2.76. The molecule has 1 amide bonds. The third kappa shape index (κ3) is 4.27. The fraction of sp³-hybridized carbons (Fsp3) is 0.273. The second-order valence-electron chi connectivity index (χ2n) is 11.8. The maximum absolute atomic E-state index is 11.6. The smallest absolute Gasteiger partial charge is 0.329 e. The van der Waals surface area contributed by atoms with Crippen LogP contribution in [-0.2, 0) is 17.8 Å². The summed E-state index contributed by atoms with van der Waals surface area (Å²) in [5.41, 5.74) is 16.3. The van der Waals surface area contributed by atoms with Gasteiger partial charge in [-0.2, -0.15) is 0 Å². The van der Waals surface area contributed by atoms with E-state index < -0.39 is 0 Å². The van der Waals surface area contributed by atoms with Crippen molar-refractivity contribution in [2.75, 3.05) is 16.9 Å². The number of carbonyl (C=O) groups is 1. The summed E-state index contributed by atoms with van der Waals surface area (Å²) in [6.07, 6.45) is 12.9. The normalized spacial score (nSPS) is 21.1. The van der Waals surface area contributed by atoms with Crippen LogP contribution >= 0.6 is 0 Å². The largest absolute Gasteiger partial charge is 0.553 e. The number of amidine groups is 1. The average Bonchev–Trinajstić information content (AvgIpc) is 3.82. The lowest BCUT2D eigenvalue weighted by molar-refractivity contribution is -0.550. The Morgan fingerprint density at radius 2 is 1.81 bits per heavy atom. The minimum absolute atomic E-state index is 0.0699. The monoisotopic (exact) mass is 555 g/mol. The minimum Gasteiger partial charge on any atom is -0.329 e. The molecule has 209 valence electrons. The quantitative estimate of drug-likeness (QED) is 0.327. The highest BCUT2D eigenvalue weighted by atomic mass is 16.1. The third-order valence-electron chi connectivity index (χ3n) is 9.12. The van der Waals surface area contributed by atoms with Gasteiger partial charge in [0, 0.05) is 54.2 Å². The number of carbonyl (C=O) groups excluding carboxylic acids is 1. The number of amides is 1. The molecular weight excluding hydrogens is 521 g/mol. The Bertz CT molecular complexity index is 1710. The molecule has 1 aromatic heterocycles. The first-order valence-corrected chi connectivity index (χ1v) is 15.0. The van der Waals surface area contributed by atoms with Crippen LogP contribution in [-0.4, -0.2) is 39.7 Å². The zero-order chi connectivity index (χ0) is 28.2. The predicted octanol–water partition coefficient (Wildman–Crippen LogP) is 4.50. The van der Waals surface area contributed by atoms with Crippen LogP contribution in [0.25, 0.3) is 5.57 Å². The minimum atomic E-state index is -0.0699. The number of nitrogens with one attached hydrogen (secondary N) is 3. The molecule has 0 spiro atoms. The molecule has 1 fully saturated rings. The van der Waals surface area contributed by atoms with Crippen LogP contribution in [0.1, 0.15) is 55.0 Å². The number of rotatable bonds is 4. The van der Waals surface area contributed by atoms with Crippen molar-refractivity contribution in [2.24, 2.45) is 5.92 Å². The van der Waals surface area contributed by atoms with E-state index in [0.29, 0.717) is 5.92 Å². The van der Waals surface area contributed by atoms with Crippen LogP contribution < -0.4 is 21.3 Å².